The van der Waals surface area contributed by atoms with Crippen molar-refractivity contribution in [1.82, 2.24) is 14.7 Å². The number of hydrogen-bond donors (Lipinski definition) is 1. The van der Waals surface area contributed by atoms with E-state index in [-0.39, 0.29) is 25.5 Å². The lowest BCUT2D eigenvalue weighted by Gasteiger charge is -2.37. The van der Waals surface area contributed by atoms with E-state index in [0.29, 0.717) is 26.2 Å². The van der Waals surface area contributed by atoms with Gasteiger partial charge in [0.15, 0.2) is 0 Å². The quantitative estimate of drug-likeness (QED) is 0.781. The number of carbonyl (C=O) groups is 3. The molecular formula is C22H31N3O6. The Morgan fingerprint density at radius 2 is 1.61 bits per heavy atom. The second-order valence-electron chi connectivity index (χ2n) is 8.89. The average Bonchev–Trinajstić information content (AvgIpc) is 3.13. The number of aliphatic hydroxyl groups is 1. The lowest BCUT2D eigenvalue weighted by Crippen LogP contribution is -2.55. The Morgan fingerprint density at radius 1 is 1.00 bits per heavy atom. The van der Waals surface area contributed by atoms with Crippen LogP contribution in [0.15, 0.2) is 30.3 Å². The van der Waals surface area contributed by atoms with Gasteiger partial charge in [-0.3, -0.25) is 9.69 Å². The normalized spacial score (nSPS) is 21.7. The van der Waals surface area contributed by atoms with Gasteiger partial charge in [0.05, 0.1) is 12.6 Å². The summed E-state index contributed by atoms with van der Waals surface area (Å²) in [6.07, 6.45) is -1.61. The van der Waals surface area contributed by atoms with Gasteiger partial charge < -0.3 is 24.4 Å². The van der Waals surface area contributed by atoms with E-state index in [0.717, 1.165) is 5.56 Å². The summed E-state index contributed by atoms with van der Waals surface area (Å²) in [5.74, 6) is -0.236. The first-order valence-corrected chi connectivity index (χ1v) is 10.6. The van der Waals surface area contributed by atoms with Crippen LogP contribution in [0.4, 0.5) is 9.59 Å². The zero-order valence-corrected chi connectivity index (χ0v) is 18.3. The van der Waals surface area contributed by atoms with Gasteiger partial charge in [-0.1, -0.05) is 30.3 Å². The molecule has 9 heteroatoms. The number of ether oxygens (including phenoxy) is 2. The molecule has 2 fully saturated rings. The van der Waals surface area contributed by atoms with Crippen molar-refractivity contribution in [2.75, 3.05) is 32.7 Å². The molecule has 2 aliphatic rings. The molecule has 1 N–H and O–H groups in total. The number of piperazine rings is 1. The summed E-state index contributed by atoms with van der Waals surface area (Å²) in [5, 5.41) is 10.0. The predicted molar refractivity (Wildman–Crippen MR) is 112 cm³/mol. The summed E-state index contributed by atoms with van der Waals surface area (Å²) in [6, 6.07) is 8.67. The standard InChI is InChI=1S/C22H31N3O6/c1-22(2,3)31-21(29)25-14-17(26)13-18(25)19(27)23-9-11-24(12-10-23)20(28)30-15-16-7-5-4-6-8-16/h4-8,17-18,26H,9-15H2,1-3H3. The zero-order valence-electron chi connectivity index (χ0n) is 18.3. The second-order valence-corrected chi connectivity index (χ2v) is 8.89. The van der Waals surface area contributed by atoms with Crippen molar-refractivity contribution >= 4 is 18.1 Å². The van der Waals surface area contributed by atoms with Crippen molar-refractivity contribution in [2.45, 2.75) is 51.5 Å². The molecule has 170 valence electrons. The largest absolute Gasteiger partial charge is 0.445 e. The van der Waals surface area contributed by atoms with Crippen molar-refractivity contribution in [3.8, 4) is 0 Å². The van der Waals surface area contributed by atoms with Gasteiger partial charge in [0.25, 0.3) is 0 Å². The molecule has 0 bridgehead atoms. The van der Waals surface area contributed by atoms with Gasteiger partial charge in [-0.2, -0.15) is 0 Å². The van der Waals surface area contributed by atoms with Crippen LogP contribution in [0.2, 0.25) is 0 Å². The van der Waals surface area contributed by atoms with E-state index in [4.69, 9.17) is 9.47 Å². The maximum absolute atomic E-state index is 13.0. The maximum Gasteiger partial charge on any atom is 0.411 e. The average molecular weight is 434 g/mol. The number of aliphatic hydroxyl groups excluding tert-OH is 1. The van der Waals surface area contributed by atoms with Crippen LogP contribution in [0, 0.1) is 0 Å². The molecule has 0 aromatic heterocycles. The van der Waals surface area contributed by atoms with Gasteiger partial charge in [0, 0.05) is 32.6 Å². The molecule has 1 aromatic carbocycles. The highest BCUT2D eigenvalue weighted by Gasteiger charge is 2.43. The van der Waals surface area contributed by atoms with Crippen LogP contribution in [0.5, 0.6) is 0 Å². The fourth-order valence-corrected chi connectivity index (χ4v) is 3.70. The molecule has 2 atom stereocenters. The number of likely N-dealkylation sites (tertiary alicyclic amines) is 1. The summed E-state index contributed by atoms with van der Waals surface area (Å²) < 4.78 is 10.7. The van der Waals surface area contributed by atoms with Gasteiger partial charge in [-0.15, -0.1) is 0 Å². The summed E-state index contributed by atoms with van der Waals surface area (Å²) in [6.45, 7) is 6.91. The fraction of sp³-hybridized carbons (Fsp3) is 0.591. The van der Waals surface area contributed by atoms with Crippen molar-refractivity contribution in [1.29, 1.82) is 0 Å². The Balaban J connectivity index is 1.51. The molecule has 0 saturated carbocycles. The topological polar surface area (TPSA) is 99.6 Å². The number of hydrogen-bond acceptors (Lipinski definition) is 6. The van der Waals surface area contributed by atoms with Gasteiger partial charge in [0.2, 0.25) is 5.91 Å². The Kier molecular flexibility index (Phi) is 7.04. The third kappa shape index (κ3) is 6.10. The Bertz CT molecular complexity index is 786. The molecule has 31 heavy (non-hydrogen) atoms. The molecule has 0 aliphatic carbocycles. The number of benzene rings is 1. The maximum atomic E-state index is 13.0. The summed E-state index contributed by atoms with van der Waals surface area (Å²) >= 11 is 0. The van der Waals surface area contributed by atoms with Crippen LogP contribution in [0.1, 0.15) is 32.8 Å². The monoisotopic (exact) mass is 433 g/mol. The van der Waals surface area contributed by atoms with Crippen LogP contribution >= 0.6 is 0 Å². The minimum Gasteiger partial charge on any atom is -0.445 e. The SMILES string of the molecule is CC(C)(C)OC(=O)N1CC(O)CC1C(=O)N1CCN(C(=O)OCc2ccccc2)CC1. The van der Waals surface area contributed by atoms with E-state index in [1.54, 1.807) is 30.6 Å². The first kappa shape index (κ1) is 22.9. The molecule has 3 rings (SSSR count). The molecule has 2 saturated heterocycles. The highest BCUT2D eigenvalue weighted by Crippen LogP contribution is 2.23. The third-order valence-corrected chi connectivity index (χ3v) is 5.25. The Labute approximate surface area is 182 Å². The van der Waals surface area contributed by atoms with Crippen LogP contribution < -0.4 is 0 Å². The number of carbonyl (C=O) groups excluding carboxylic acids is 3. The number of nitrogens with zero attached hydrogens (tertiary/aromatic N) is 3. The smallest absolute Gasteiger partial charge is 0.411 e. The zero-order chi connectivity index (χ0) is 22.6. The van der Waals surface area contributed by atoms with E-state index in [1.807, 2.05) is 30.3 Å². The van der Waals surface area contributed by atoms with E-state index in [1.165, 1.54) is 4.90 Å². The third-order valence-electron chi connectivity index (χ3n) is 5.25. The Morgan fingerprint density at radius 3 is 2.23 bits per heavy atom. The lowest BCUT2D eigenvalue weighted by molar-refractivity contribution is -0.137. The molecule has 0 radical (unpaired) electrons. The van der Waals surface area contributed by atoms with Crippen LogP contribution in [0.25, 0.3) is 0 Å². The molecule has 2 unspecified atom stereocenters. The van der Waals surface area contributed by atoms with Crippen molar-refractivity contribution in [3.63, 3.8) is 0 Å². The lowest BCUT2D eigenvalue weighted by atomic mass is 10.1. The van der Waals surface area contributed by atoms with E-state index >= 15 is 0 Å². The number of amides is 3. The molecule has 0 spiro atoms. The highest BCUT2D eigenvalue weighted by atomic mass is 16.6. The molecule has 1 aromatic rings. The highest BCUT2D eigenvalue weighted by molar-refractivity contribution is 5.86. The van der Waals surface area contributed by atoms with E-state index in [9.17, 15) is 19.5 Å². The number of rotatable bonds is 3. The van der Waals surface area contributed by atoms with Crippen LogP contribution in [-0.4, -0.2) is 88.4 Å². The fourth-order valence-electron chi connectivity index (χ4n) is 3.70. The van der Waals surface area contributed by atoms with Crippen molar-refractivity contribution < 1.29 is 29.0 Å². The van der Waals surface area contributed by atoms with Crippen LogP contribution in [-0.2, 0) is 20.9 Å². The van der Waals surface area contributed by atoms with Crippen molar-refractivity contribution in [3.05, 3.63) is 35.9 Å². The molecular weight excluding hydrogens is 402 g/mol. The summed E-state index contributed by atoms with van der Waals surface area (Å²) in [4.78, 5) is 42.4. The summed E-state index contributed by atoms with van der Waals surface area (Å²) in [5.41, 5.74) is 0.218. The van der Waals surface area contributed by atoms with Crippen LogP contribution in [0.3, 0.4) is 0 Å². The first-order valence-electron chi connectivity index (χ1n) is 10.6. The van der Waals surface area contributed by atoms with Gasteiger partial charge in [-0.05, 0) is 26.3 Å². The Hall–Kier alpha value is -2.81. The minimum atomic E-state index is -0.768. The van der Waals surface area contributed by atoms with Gasteiger partial charge in [-0.25, -0.2) is 9.59 Å². The predicted octanol–water partition coefficient (Wildman–Crippen LogP) is 1.84. The summed E-state index contributed by atoms with van der Waals surface area (Å²) in [7, 11) is 0. The first-order chi connectivity index (χ1) is 14.6. The second kappa shape index (κ2) is 9.55. The minimum absolute atomic E-state index is 0.0666. The number of β-amino-alcohol motifs (C(OH)–C–C–N with tert-alkyl or cyclic N) is 1. The molecule has 3 amide bonds. The van der Waals surface area contributed by atoms with E-state index in [2.05, 4.69) is 0 Å². The van der Waals surface area contributed by atoms with E-state index < -0.39 is 29.9 Å². The van der Waals surface area contributed by atoms with Gasteiger partial charge in [0.1, 0.15) is 18.2 Å². The molecule has 9 nitrogen and oxygen atoms in total. The van der Waals surface area contributed by atoms with Gasteiger partial charge >= 0.3 is 12.2 Å². The molecule has 2 aliphatic heterocycles. The van der Waals surface area contributed by atoms with Crippen molar-refractivity contribution in [2.24, 2.45) is 0 Å². The molecule has 2 heterocycles.